The first-order valence-corrected chi connectivity index (χ1v) is 5.12. The van der Waals surface area contributed by atoms with Crippen molar-refractivity contribution in [2.45, 2.75) is 19.8 Å². The fourth-order valence-electron chi connectivity index (χ4n) is 1.27. The summed E-state index contributed by atoms with van der Waals surface area (Å²) in [6.07, 6.45) is 2.61. The molecule has 86 valence electrons. The molecule has 0 amide bonds. The van der Waals surface area contributed by atoms with Gasteiger partial charge in [-0.3, -0.25) is 4.79 Å². The number of aromatic amines is 1. The number of aliphatic carboxylic acids is 1. The van der Waals surface area contributed by atoms with Crippen molar-refractivity contribution in [3.8, 4) is 5.75 Å². The van der Waals surface area contributed by atoms with E-state index in [-0.39, 0.29) is 0 Å². The first kappa shape index (κ1) is 12.1. The van der Waals surface area contributed by atoms with E-state index in [4.69, 9.17) is 5.11 Å². The van der Waals surface area contributed by atoms with Crippen LogP contribution < -0.4 is 0 Å². The molecular formula is C12H15NO3. The molecule has 0 saturated heterocycles. The monoisotopic (exact) mass is 221 g/mol. The zero-order chi connectivity index (χ0) is 12.0. The lowest BCUT2D eigenvalue weighted by Gasteiger charge is -1.86. The second-order valence-corrected chi connectivity index (χ2v) is 3.36. The van der Waals surface area contributed by atoms with Crippen molar-refractivity contribution in [1.82, 2.24) is 4.98 Å². The highest BCUT2D eigenvalue weighted by Crippen LogP contribution is 2.22. The summed E-state index contributed by atoms with van der Waals surface area (Å²) >= 11 is 0. The van der Waals surface area contributed by atoms with Crippen LogP contribution in [0.1, 0.15) is 19.8 Å². The van der Waals surface area contributed by atoms with Crippen LogP contribution in [0.4, 0.5) is 0 Å². The fraction of sp³-hybridized carbons (Fsp3) is 0.250. The van der Waals surface area contributed by atoms with Crippen LogP contribution in [-0.2, 0) is 4.79 Å². The number of carbonyl (C=O) groups is 1. The molecule has 0 fully saturated rings. The average molecular weight is 221 g/mol. The predicted octanol–water partition coefficient (Wildman–Crippen LogP) is 2.74. The molecule has 0 spiro atoms. The van der Waals surface area contributed by atoms with Crippen molar-refractivity contribution in [1.29, 1.82) is 0 Å². The molecule has 1 heterocycles. The molecule has 2 aromatic rings. The van der Waals surface area contributed by atoms with Gasteiger partial charge in [0, 0.05) is 23.5 Å². The minimum Gasteiger partial charge on any atom is -0.506 e. The Morgan fingerprint density at radius 3 is 2.56 bits per heavy atom. The Morgan fingerprint density at radius 2 is 2.06 bits per heavy atom. The van der Waals surface area contributed by atoms with Gasteiger partial charge in [0.25, 0.3) is 0 Å². The molecule has 0 aliphatic rings. The number of benzene rings is 1. The second-order valence-electron chi connectivity index (χ2n) is 3.36. The Balaban J connectivity index is 0.000000187. The zero-order valence-corrected chi connectivity index (χ0v) is 9.10. The Kier molecular flexibility index (Phi) is 4.39. The van der Waals surface area contributed by atoms with Crippen LogP contribution in [-0.4, -0.2) is 21.2 Å². The lowest BCUT2D eigenvalue weighted by molar-refractivity contribution is -0.137. The van der Waals surface area contributed by atoms with Gasteiger partial charge in [0.1, 0.15) is 5.75 Å². The van der Waals surface area contributed by atoms with E-state index in [1.165, 1.54) is 0 Å². The molecule has 16 heavy (non-hydrogen) atoms. The van der Waals surface area contributed by atoms with Crippen LogP contribution in [0.25, 0.3) is 10.9 Å². The predicted molar refractivity (Wildman–Crippen MR) is 62.5 cm³/mol. The number of para-hydroxylation sites is 1. The van der Waals surface area contributed by atoms with Gasteiger partial charge in [0.2, 0.25) is 0 Å². The minimum atomic E-state index is -0.711. The van der Waals surface area contributed by atoms with Gasteiger partial charge in [-0.25, -0.2) is 0 Å². The van der Waals surface area contributed by atoms with E-state index >= 15 is 0 Å². The number of aromatic hydroxyl groups is 1. The first-order valence-electron chi connectivity index (χ1n) is 5.12. The van der Waals surface area contributed by atoms with Gasteiger partial charge in [0.05, 0.1) is 0 Å². The molecule has 0 aliphatic heterocycles. The molecular weight excluding hydrogens is 206 g/mol. The highest BCUT2D eigenvalue weighted by molar-refractivity contribution is 5.85. The largest absolute Gasteiger partial charge is 0.506 e. The summed E-state index contributed by atoms with van der Waals surface area (Å²) in [5, 5.41) is 18.0. The van der Waals surface area contributed by atoms with Crippen molar-refractivity contribution in [3.63, 3.8) is 0 Å². The van der Waals surface area contributed by atoms with Crippen LogP contribution in [0.15, 0.2) is 30.5 Å². The molecule has 1 aromatic carbocycles. The Morgan fingerprint density at radius 1 is 1.38 bits per heavy atom. The summed E-state index contributed by atoms with van der Waals surface area (Å²) in [5.41, 5.74) is 0.972. The molecule has 2 rings (SSSR count). The van der Waals surface area contributed by atoms with Crippen LogP contribution >= 0.6 is 0 Å². The van der Waals surface area contributed by atoms with E-state index in [1.807, 2.05) is 31.2 Å². The smallest absolute Gasteiger partial charge is 0.303 e. The van der Waals surface area contributed by atoms with Crippen molar-refractivity contribution < 1.29 is 15.0 Å². The number of H-pyrrole nitrogens is 1. The number of hydrogen-bond acceptors (Lipinski definition) is 2. The van der Waals surface area contributed by atoms with Crippen molar-refractivity contribution in [3.05, 3.63) is 30.5 Å². The van der Waals surface area contributed by atoms with Gasteiger partial charge in [-0.05, 0) is 18.6 Å². The van der Waals surface area contributed by atoms with Gasteiger partial charge in [0.15, 0.2) is 0 Å². The summed E-state index contributed by atoms with van der Waals surface area (Å²) in [7, 11) is 0. The van der Waals surface area contributed by atoms with Gasteiger partial charge in [-0.15, -0.1) is 0 Å². The van der Waals surface area contributed by atoms with Crippen LogP contribution in [0.5, 0.6) is 5.75 Å². The Bertz CT molecular complexity index is 462. The summed E-state index contributed by atoms with van der Waals surface area (Å²) in [4.78, 5) is 12.5. The van der Waals surface area contributed by atoms with E-state index in [0.29, 0.717) is 12.2 Å². The number of hydrogen-bond donors (Lipinski definition) is 3. The average Bonchev–Trinajstić information content (AvgIpc) is 2.62. The lowest BCUT2D eigenvalue weighted by atomic mass is 10.2. The number of rotatable bonds is 2. The van der Waals surface area contributed by atoms with E-state index < -0.39 is 5.97 Å². The van der Waals surface area contributed by atoms with Crippen LogP contribution in [0.3, 0.4) is 0 Å². The molecule has 0 saturated carbocycles. The maximum Gasteiger partial charge on any atom is 0.303 e. The highest BCUT2D eigenvalue weighted by Gasteiger charge is 1.97. The second kappa shape index (κ2) is 5.80. The zero-order valence-electron chi connectivity index (χ0n) is 9.10. The molecule has 0 radical (unpaired) electrons. The number of aromatic nitrogens is 1. The summed E-state index contributed by atoms with van der Waals surface area (Å²) in [5.74, 6) is -0.395. The van der Waals surface area contributed by atoms with Crippen molar-refractivity contribution >= 4 is 16.9 Å². The lowest BCUT2D eigenvalue weighted by Crippen LogP contribution is -1.90. The number of fused-ring (bicyclic) bond motifs is 1. The van der Waals surface area contributed by atoms with E-state index in [0.717, 1.165) is 17.3 Å². The summed E-state index contributed by atoms with van der Waals surface area (Å²) < 4.78 is 0. The topological polar surface area (TPSA) is 73.3 Å². The fourth-order valence-corrected chi connectivity index (χ4v) is 1.27. The number of carboxylic acid groups (broad SMARTS) is 1. The molecule has 0 atom stereocenters. The van der Waals surface area contributed by atoms with Gasteiger partial charge >= 0.3 is 5.97 Å². The number of carboxylic acids is 1. The normalized spacial score (nSPS) is 9.56. The maximum atomic E-state index is 9.60. The van der Waals surface area contributed by atoms with Gasteiger partial charge in [-0.2, -0.15) is 0 Å². The van der Waals surface area contributed by atoms with Crippen molar-refractivity contribution in [2.75, 3.05) is 0 Å². The third-order valence-electron chi connectivity index (χ3n) is 2.03. The van der Waals surface area contributed by atoms with E-state index in [9.17, 15) is 9.90 Å². The SMILES string of the molecule is CCCC(=O)O.Oc1c[nH]c2ccccc12. The standard InChI is InChI=1S/C8H7NO.C4H8O2/c10-8-5-9-7-4-2-1-3-6(7)8;1-2-3-4(5)6/h1-5,9-10H;2-3H2,1H3,(H,5,6). The van der Waals surface area contributed by atoms with E-state index in [2.05, 4.69) is 4.98 Å². The van der Waals surface area contributed by atoms with E-state index in [1.54, 1.807) is 6.20 Å². The molecule has 4 heteroatoms. The minimum absolute atomic E-state index is 0.292. The highest BCUT2D eigenvalue weighted by atomic mass is 16.4. The molecule has 0 unspecified atom stereocenters. The molecule has 0 aliphatic carbocycles. The molecule has 3 N–H and O–H groups in total. The van der Waals surface area contributed by atoms with Crippen LogP contribution in [0.2, 0.25) is 0 Å². The molecule has 4 nitrogen and oxygen atoms in total. The quantitative estimate of drug-likeness (QED) is 0.730. The summed E-state index contributed by atoms with van der Waals surface area (Å²) in [6.45, 7) is 1.84. The Labute approximate surface area is 93.5 Å². The maximum absolute atomic E-state index is 9.60. The third kappa shape index (κ3) is 3.31. The summed E-state index contributed by atoms with van der Waals surface area (Å²) in [6, 6.07) is 7.63. The molecule has 0 bridgehead atoms. The molecule has 1 aromatic heterocycles. The van der Waals surface area contributed by atoms with Crippen molar-refractivity contribution in [2.24, 2.45) is 0 Å². The Hall–Kier alpha value is -1.97. The van der Waals surface area contributed by atoms with Gasteiger partial charge in [-0.1, -0.05) is 19.1 Å². The third-order valence-corrected chi connectivity index (χ3v) is 2.03. The van der Waals surface area contributed by atoms with Gasteiger partial charge < -0.3 is 15.2 Å². The van der Waals surface area contributed by atoms with Crippen LogP contribution in [0, 0.1) is 0 Å². The number of nitrogens with one attached hydrogen (secondary N) is 1. The first-order chi connectivity index (χ1) is 7.65.